The number of amides is 1. The number of fused-ring (bicyclic) bond motifs is 1. The van der Waals surface area contributed by atoms with Crippen LogP contribution in [0.1, 0.15) is 31.2 Å². The molecule has 2 heterocycles. The summed E-state index contributed by atoms with van der Waals surface area (Å²) in [5, 5.41) is 4.19. The van der Waals surface area contributed by atoms with Crippen molar-refractivity contribution in [2.75, 3.05) is 20.4 Å². The molecule has 0 N–H and O–H groups in total. The van der Waals surface area contributed by atoms with Crippen molar-refractivity contribution in [3.8, 4) is 11.5 Å². The van der Waals surface area contributed by atoms with Crippen molar-refractivity contribution in [2.24, 2.45) is 11.1 Å². The molecule has 1 unspecified atom stereocenters. The van der Waals surface area contributed by atoms with E-state index in [1.54, 1.807) is 4.90 Å². The van der Waals surface area contributed by atoms with E-state index < -0.39 is 0 Å². The normalized spacial score (nSPS) is 22.3. The molecule has 3 aliphatic rings. The van der Waals surface area contributed by atoms with Crippen molar-refractivity contribution < 1.29 is 19.1 Å². The van der Waals surface area contributed by atoms with Gasteiger partial charge >= 0.3 is 0 Å². The highest BCUT2D eigenvalue weighted by molar-refractivity contribution is 6.01. The summed E-state index contributed by atoms with van der Waals surface area (Å²) in [5.41, 5.74) is 1.86. The van der Waals surface area contributed by atoms with E-state index in [4.69, 9.17) is 14.3 Å². The molecular weight excluding hydrogens is 296 g/mol. The minimum atomic E-state index is -0.0792. The molecule has 1 aliphatic carbocycles. The van der Waals surface area contributed by atoms with Gasteiger partial charge in [0, 0.05) is 24.9 Å². The molecule has 1 saturated carbocycles. The van der Waals surface area contributed by atoms with Crippen LogP contribution in [0.5, 0.6) is 11.5 Å². The van der Waals surface area contributed by atoms with Crippen LogP contribution in [0.4, 0.5) is 0 Å². The highest BCUT2D eigenvalue weighted by atomic mass is 16.7. The Morgan fingerprint density at radius 1 is 1.30 bits per heavy atom. The van der Waals surface area contributed by atoms with Gasteiger partial charge in [-0.1, -0.05) is 11.6 Å². The van der Waals surface area contributed by atoms with Crippen molar-refractivity contribution >= 4 is 11.6 Å². The van der Waals surface area contributed by atoms with Crippen molar-refractivity contribution in [3.05, 3.63) is 23.8 Å². The van der Waals surface area contributed by atoms with Crippen LogP contribution in [-0.4, -0.2) is 43.0 Å². The first kappa shape index (κ1) is 14.4. The highest BCUT2D eigenvalue weighted by Crippen LogP contribution is 2.34. The number of benzene rings is 1. The summed E-state index contributed by atoms with van der Waals surface area (Å²) >= 11 is 0. The standard InChI is InChI=1S/C17H20N2O4/c1-19(17(20)11-3-2-4-11)9-13-8-14(18-23-13)12-5-6-15-16(7-12)22-10-21-15/h5-7,11,13H,2-4,8-10H2,1H3. The number of nitrogens with zero attached hydrogens (tertiary/aromatic N) is 2. The van der Waals surface area contributed by atoms with Gasteiger partial charge in [0.25, 0.3) is 0 Å². The number of carbonyl (C=O) groups excluding carboxylic acids is 1. The lowest BCUT2D eigenvalue weighted by molar-refractivity contribution is -0.138. The van der Waals surface area contributed by atoms with Crippen LogP contribution in [0.2, 0.25) is 0 Å². The minimum absolute atomic E-state index is 0.0792. The maximum Gasteiger partial charge on any atom is 0.231 e. The first-order valence-electron chi connectivity index (χ1n) is 8.08. The van der Waals surface area contributed by atoms with Crippen LogP contribution in [0.3, 0.4) is 0 Å². The van der Waals surface area contributed by atoms with Gasteiger partial charge in [0.2, 0.25) is 12.7 Å². The molecule has 0 bridgehead atoms. The third kappa shape index (κ3) is 2.73. The van der Waals surface area contributed by atoms with Gasteiger partial charge in [-0.05, 0) is 31.0 Å². The van der Waals surface area contributed by atoms with Gasteiger partial charge in [-0.15, -0.1) is 0 Å². The molecule has 0 radical (unpaired) electrons. The Morgan fingerprint density at radius 3 is 2.91 bits per heavy atom. The second-order valence-corrected chi connectivity index (χ2v) is 6.38. The zero-order chi connectivity index (χ0) is 15.8. The molecule has 2 aliphatic heterocycles. The molecule has 1 atom stereocenters. The van der Waals surface area contributed by atoms with Crippen LogP contribution in [-0.2, 0) is 9.63 Å². The Balaban J connectivity index is 1.36. The van der Waals surface area contributed by atoms with Gasteiger partial charge in [0.15, 0.2) is 17.6 Å². The molecule has 4 rings (SSSR count). The molecule has 1 amide bonds. The summed E-state index contributed by atoms with van der Waals surface area (Å²) in [6, 6.07) is 5.78. The van der Waals surface area contributed by atoms with Crippen molar-refractivity contribution in [1.29, 1.82) is 0 Å². The fourth-order valence-corrected chi connectivity index (χ4v) is 3.14. The maximum atomic E-state index is 12.2. The van der Waals surface area contributed by atoms with Gasteiger partial charge in [-0.2, -0.15) is 0 Å². The number of oxime groups is 1. The first-order chi connectivity index (χ1) is 11.2. The molecule has 6 heteroatoms. The van der Waals surface area contributed by atoms with Gasteiger partial charge in [0.05, 0.1) is 12.3 Å². The van der Waals surface area contributed by atoms with E-state index in [1.165, 1.54) is 6.42 Å². The zero-order valence-electron chi connectivity index (χ0n) is 13.2. The number of hydrogen-bond donors (Lipinski definition) is 0. The molecule has 122 valence electrons. The van der Waals surface area contributed by atoms with Crippen LogP contribution >= 0.6 is 0 Å². The number of likely N-dealkylation sites (N-methyl/N-ethyl adjacent to an activating group) is 1. The minimum Gasteiger partial charge on any atom is -0.454 e. The molecule has 6 nitrogen and oxygen atoms in total. The number of hydrogen-bond acceptors (Lipinski definition) is 5. The predicted molar refractivity (Wildman–Crippen MR) is 83.6 cm³/mol. The Labute approximate surface area is 135 Å². The molecule has 0 saturated heterocycles. The third-order valence-corrected chi connectivity index (χ3v) is 4.75. The summed E-state index contributed by atoms with van der Waals surface area (Å²) in [6.45, 7) is 0.839. The summed E-state index contributed by atoms with van der Waals surface area (Å²) < 4.78 is 10.7. The Morgan fingerprint density at radius 2 is 2.13 bits per heavy atom. The van der Waals surface area contributed by atoms with E-state index in [1.807, 2.05) is 25.2 Å². The van der Waals surface area contributed by atoms with Gasteiger partial charge < -0.3 is 19.2 Å². The monoisotopic (exact) mass is 316 g/mol. The van der Waals surface area contributed by atoms with E-state index in [-0.39, 0.29) is 24.7 Å². The van der Waals surface area contributed by atoms with Crippen molar-refractivity contribution in [1.82, 2.24) is 4.90 Å². The Kier molecular flexibility index (Phi) is 3.59. The van der Waals surface area contributed by atoms with Gasteiger partial charge in [0.1, 0.15) is 0 Å². The van der Waals surface area contributed by atoms with Crippen LogP contribution < -0.4 is 9.47 Å². The number of ether oxygens (including phenoxy) is 2. The average molecular weight is 316 g/mol. The summed E-state index contributed by atoms with van der Waals surface area (Å²) in [4.78, 5) is 19.5. The lowest BCUT2D eigenvalue weighted by atomic mass is 9.84. The molecule has 1 aromatic rings. The fourth-order valence-electron chi connectivity index (χ4n) is 3.14. The smallest absolute Gasteiger partial charge is 0.231 e. The summed E-state index contributed by atoms with van der Waals surface area (Å²) in [6.07, 6.45) is 3.83. The molecule has 1 aromatic carbocycles. The van der Waals surface area contributed by atoms with Crippen molar-refractivity contribution in [3.63, 3.8) is 0 Å². The first-order valence-corrected chi connectivity index (χ1v) is 8.08. The quantitative estimate of drug-likeness (QED) is 0.854. The summed E-state index contributed by atoms with van der Waals surface area (Å²) in [7, 11) is 1.85. The largest absolute Gasteiger partial charge is 0.454 e. The summed E-state index contributed by atoms with van der Waals surface area (Å²) in [5.74, 6) is 1.95. The SMILES string of the molecule is CN(CC1CC(c2ccc3c(c2)OCO3)=NO1)C(=O)C1CCC1. The number of carbonyl (C=O) groups is 1. The molecule has 1 fully saturated rings. The topological polar surface area (TPSA) is 60.4 Å². The van der Waals surface area contributed by atoms with Crippen LogP contribution in [0.15, 0.2) is 23.4 Å². The predicted octanol–water partition coefficient (Wildman–Crippen LogP) is 2.17. The van der Waals surface area contributed by atoms with Gasteiger partial charge in [-0.25, -0.2) is 0 Å². The maximum absolute atomic E-state index is 12.2. The Hall–Kier alpha value is -2.24. The molecular formula is C17H20N2O4. The van der Waals surface area contributed by atoms with E-state index in [9.17, 15) is 4.79 Å². The van der Waals surface area contributed by atoms with Crippen LogP contribution in [0.25, 0.3) is 0 Å². The van der Waals surface area contributed by atoms with Crippen molar-refractivity contribution in [2.45, 2.75) is 31.8 Å². The molecule has 23 heavy (non-hydrogen) atoms. The lowest BCUT2D eigenvalue weighted by Crippen LogP contribution is -2.40. The second-order valence-electron chi connectivity index (χ2n) is 6.38. The Bertz CT molecular complexity index is 654. The van der Waals surface area contributed by atoms with Crippen LogP contribution in [0, 0.1) is 5.92 Å². The zero-order valence-corrected chi connectivity index (χ0v) is 13.2. The molecule has 0 aromatic heterocycles. The second kappa shape index (κ2) is 5.76. The van der Waals surface area contributed by atoms with E-state index in [0.29, 0.717) is 13.0 Å². The van der Waals surface area contributed by atoms with Gasteiger partial charge in [-0.3, -0.25) is 4.79 Å². The van der Waals surface area contributed by atoms with E-state index >= 15 is 0 Å². The average Bonchev–Trinajstić information content (AvgIpc) is 3.13. The lowest BCUT2D eigenvalue weighted by Gasteiger charge is -2.30. The van der Waals surface area contributed by atoms with E-state index in [2.05, 4.69) is 5.16 Å². The highest BCUT2D eigenvalue weighted by Gasteiger charge is 2.31. The fraction of sp³-hybridized carbons (Fsp3) is 0.529. The number of rotatable bonds is 4. The van der Waals surface area contributed by atoms with E-state index in [0.717, 1.165) is 35.6 Å². The molecule has 0 spiro atoms. The third-order valence-electron chi connectivity index (χ3n) is 4.75.